The molecule has 0 amide bonds. The third-order valence-corrected chi connectivity index (χ3v) is 5.00. The first-order chi connectivity index (χ1) is 11.5. The van der Waals surface area contributed by atoms with Crippen LogP contribution in [0.2, 0.25) is 0 Å². The maximum atomic E-state index is 6.01. The summed E-state index contributed by atoms with van der Waals surface area (Å²) in [5, 5.41) is 3.22. The van der Waals surface area contributed by atoms with Crippen LogP contribution in [0, 0.1) is 0 Å². The van der Waals surface area contributed by atoms with Gasteiger partial charge in [0.2, 0.25) is 0 Å². The van der Waals surface area contributed by atoms with Crippen LogP contribution < -0.4 is 11.1 Å². The van der Waals surface area contributed by atoms with Crippen LogP contribution in [-0.4, -0.2) is 56.8 Å². The number of hydrogen-bond donors (Lipinski definition) is 2. The van der Waals surface area contributed by atoms with E-state index in [9.17, 15) is 0 Å². The van der Waals surface area contributed by atoms with Crippen molar-refractivity contribution in [3.8, 4) is 0 Å². The lowest BCUT2D eigenvalue weighted by atomic mass is 9.85. The van der Waals surface area contributed by atoms with E-state index in [-0.39, 0.29) is 5.41 Å². The van der Waals surface area contributed by atoms with Gasteiger partial charge >= 0.3 is 0 Å². The molecule has 6 heteroatoms. The van der Waals surface area contributed by atoms with Gasteiger partial charge in [-0.15, -0.1) is 0 Å². The van der Waals surface area contributed by atoms with E-state index in [1.165, 1.54) is 5.56 Å². The minimum atomic E-state index is -0.0693. The summed E-state index contributed by atoms with van der Waals surface area (Å²) >= 11 is 3.62. The van der Waals surface area contributed by atoms with Crippen LogP contribution in [-0.2, 0) is 10.2 Å². The van der Waals surface area contributed by atoms with Gasteiger partial charge in [0.05, 0.1) is 19.8 Å². The minimum Gasteiger partial charge on any atom is -0.379 e. The van der Waals surface area contributed by atoms with Crippen molar-refractivity contribution >= 4 is 21.9 Å². The Balaban J connectivity index is 1.73. The Hall–Kier alpha value is -1.11. The quantitative estimate of drug-likeness (QED) is 0.421. The van der Waals surface area contributed by atoms with E-state index >= 15 is 0 Å². The maximum Gasteiger partial charge on any atom is 0.188 e. The summed E-state index contributed by atoms with van der Waals surface area (Å²) in [6, 6.07) is 8.27. The molecule has 134 valence electrons. The molecule has 0 atom stereocenters. The van der Waals surface area contributed by atoms with Crippen LogP contribution in [0.4, 0.5) is 0 Å². The zero-order valence-electron chi connectivity index (χ0n) is 14.7. The summed E-state index contributed by atoms with van der Waals surface area (Å²) in [6.07, 6.45) is 1.06. The Kier molecular flexibility index (Phi) is 7.52. The van der Waals surface area contributed by atoms with Crippen molar-refractivity contribution in [3.63, 3.8) is 0 Å². The molecule has 3 N–H and O–H groups in total. The molecule has 0 aromatic heterocycles. The summed E-state index contributed by atoms with van der Waals surface area (Å²) in [4.78, 5) is 6.95. The van der Waals surface area contributed by atoms with E-state index in [0.29, 0.717) is 12.5 Å². The van der Waals surface area contributed by atoms with Gasteiger partial charge in [-0.3, -0.25) is 9.89 Å². The van der Waals surface area contributed by atoms with Crippen molar-refractivity contribution in [2.45, 2.75) is 25.7 Å². The highest BCUT2D eigenvalue weighted by Gasteiger charge is 2.22. The molecule has 1 saturated heterocycles. The molecule has 1 fully saturated rings. The second-order valence-electron chi connectivity index (χ2n) is 6.80. The largest absolute Gasteiger partial charge is 0.379 e. The molecule has 0 bridgehead atoms. The number of morpholine rings is 1. The standard InChI is InChI=1S/C18H29BrN4O/c1-18(2,15-6-3-4-7-16(15)19)14-22-17(20)21-8-5-9-23-10-12-24-13-11-23/h3-4,6-7H,5,8-14H2,1-2H3,(H3,20,21,22). The van der Waals surface area contributed by atoms with Crippen LogP contribution in [0.25, 0.3) is 0 Å². The highest BCUT2D eigenvalue weighted by Crippen LogP contribution is 2.30. The average molecular weight is 397 g/mol. The van der Waals surface area contributed by atoms with Crippen LogP contribution in [0.5, 0.6) is 0 Å². The Morgan fingerprint density at radius 2 is 2.04 bits per heavy atom. The van der Waals surface area contributed by atoms with Crippen molar-refractivity contribution in [3.05, 3.63) is 34.3 Å². The summed E-state index contributed by atoms with van der Waals surface area (Å²) in [6.45, 7) is 10.7. The van der Waals surface area contributed by atoms with Gasteiger partial charge in [-0.1, -0.05) is 48.0 Å². The molecule has 1 aromatic rings. The summed E-state index contributed by atoms with van der Waals surface area (Å²) < 4.78 is 6.47. The summed E-state index contributed by atoms with van der Waals surface area (Å²) in [5.74, 6) is 0.525. The number of ether oxygens (including phenoxy) is 1. The second-order valence-corrected chi connectivity index (χ2v) is 7.65. The van der Waals surface area contributed by atoms with E-state index in [0.717, 1.165) is 50.3 Å². The lowest BCUT2D eigenvalue weighted by molar-refractivity contribution is 0.0376. The monoisotopic (exact) mass is 396 g/mol. The first kappa shape index (κ1) is 19.2. The van der Waals surface area contributed by atoms with Crippen molar-refractivity contribution in [2.24, 2.45) is 10.7 Å². The average Bonchev–Trinajstić information content (AvgIpc) is 2.58. The van der Waals surface area contributed by atoms with Gasteiger partial charge < -0.3 is 15.8 Å². The van der Waals surface area contributed by atoms with Crippen molar-refractivity contribution in [1.82, 2.24) is 10.2 Å². The van der Waals surface area contributed by atoms with Gasteiger partial charge in [-0.25, -0.2) is 0 Å². The zero-order valence-corrected chi connectivity index (χ0v) is 16.3. The molecule has 0 unspecified atom stereocenters. The van der Waals surface area contributed by atoms with Crippen LogP contribution >= 0.6 is 15.9 Å². The molecule has 0 radical (unpaired) electrons. The fourth-order valence-corrected chi connectivity index (χ4v) is 3.60. The van der Waals surface area contributed by atoms with Crippen LogP contribution in [0.3, 0.4) is 0 Å². The number of benzene rings is 1. The normalized spacial score (nSPS) is 17.0. The van der Waals surface area contributed by atoms with E-state index in [1.807, 2.05) is 6.07 Å². The first-order valence-electron chi connectivity index (χ1n) is 8.58. The first-order valence-corrected chi connectivity index (χ1v) is 9.37. The third-order valence-electron chi connectivity index (χ3n) is 4.31. The third kappa shape index (κ3) is 6.07. The van der Waals surface area contributed by atoms with Gasteiger partial charge in [0.25, 0.3) is 0 Å². The molecule has 1 aromatic carbocycles. The van der Waals surface area contributed by atoms with Crippen molar-refractivity contribution in [1.29, 1.82) is 0 Å². The summed E-state index contributed by atoms with van der Waals surface area (Å²) in [5.41, 5.74) is 7.18. The Bertz CT molecular complexity index is 542. The van der Waals surface area contributed by atoms with Crippen molar-refractivity contribution < 1.29 is 4.74 Å². The number of aliphatic imine (C=N–C) groups is 1. The SMILES string of the molecule is CC(C)(CN=C(N)NCCCN1CCOCC1)c1ccccc1Br. The van der Waals surface area contributed by atoms with E-state index in [4.69, 9.17) is 10.5 Å². The fourth-order valence-electron chi connectivity index (χ4n) is 2.78. The smallest absolute Gasteiger partial charge is 0.188 e. The van der Waals surface area contributed by atoms with E-state index < -0.39 is 0 Å². The predicted molar refractivity (Wildman–Crippen MR) is 104 cm³/mol. The molecule has 0 aliphatic carbocycles. The number of nitrogens with zero attached hydrogens (tertiary/aromatic N) is 2. The molecule has 2 rings (SSSR count). The van der Waals surface area contributed by atoms with Gasteiger partial charge in [-0.05, 0) is 24.6 Å². The number of halogens is 1. The van der Waals surface area contributed by atoms with Crippen LogP contribution in [0.1, 0.15) is 25.8 Å². The van der Waals surface area contributed by atoms with Crippen LogP contribution in [0.15, 0.2) is 33.7 Å². The molecule has 1 heterocycles. The van der Waals surface area contributed by atoms with Crippen molar-refractivity contribution in [2.75, 3.05) is 45.9 Å². The number of hydrogen-bond acceptors (Lipinski definition) is 3. The topological polar surface area (TPSA) is 62.9 Å². The maximum absolute atomic E-state index is 6.01. The lowest BCUT2D eigenvalue weighted by Gasteiger charge is -2.26. The van der Waals surface area contributed by atoms with E-state index in [2.05, 4.69) is 63.2 Å². The number of nitrogens with two attached hydrogens (primary N) is 1. The minimum absolute atomic E-state index is 0.0693. The number of nitrogens with one attached hydrogen (secondary N) is 1. The van der Waals surface area contributed by atoms with Gasteiger partial charge in [0.15, 0.2) is 5.96 Å². The molecule has 0 spiro atoms. The molecule has 1 aliphatic rings. The molecule has 0 saturated carbocycles. The Morgan fingerprint density at radius 1 is 1.33 bits per heavy atom. The predicted octanol–water partition coefficient (Wildman–Crippen LogP) is 2.35. The van der Waals surface area contributed by atoms with E-state index in [1.54, 1.807) is 0 Å². The molecule has 5 nitrogen and oxygen atoms in total. The fraction of sp³-hybridized carbons (Fsp3) is 0.611. The number of rotatable bonds is 7. The summed E-state index contributed by atoms with van der Waals surface area (Å²) in [7, 11) is 0. The van der Waals surface area contributed by atoms with Gasteiger partial charge in [0, 0.05) is 29.5 Å². The molecule has 24 heavy (non-hydrogen) atoms. The molecular weight excluding hydrogens is 368 g/mol. The molecule has 1 aliphatic heterocycles. The zero-order chi connectivity index (χ0) is 17.4. The lowest BCUT2D eigenvalue weighted by Crippen LogP contribution is -2.39. The second kappa shape index (κ2) is 9.39. The Labute approximate surface area is 153 Å². The highest BCUT2D eigenvalue weighted by atomic mass is 79.9. The Morgan fingerprint density at radius 3 is 2.75 bits per heavy atom. The molecular formula is C18H29BrN4O. The highest BCUT2D eigenvalue weighted by molar-refractivity contribution is 9.10. The van der Waals surface area contributed by atoms with Gasteiger partial charge in [-0.2, -0.15) is 0 Å². The van der Waals surface area contributed by atoms with Gasteiger partial charge in [0.1, 0.15) is 0 Å². The number of guanidine groups is 1.